The number of rotatable bonds is 1. The number of aliphatic hydroxyl groups is 1. The predicted octanol–water partition coefficient (Wildman–Crippen LogP) is 2.18. The zero-order valence-electron chi connectivity index (χ0n) is 8.97. The van der Waals surface area contributed by atoms with Gasteiger partial charge in [0.15, 0.2) is 0 Å². The lowest BCUT2D eigenvalue weighted by Crippen LogP contribution is -2.43. The fourth-order valence-corrected chi connectivity index (χ4v) is 2.49. The van der Waals surface area contributed by atoms with Crippen LogP contribution in [0, 0.1) is 0 Å². The summed E-state index contributed by atoms with van der Waals surface area (Å²) in [5.41, 5.74) is 0.302. The van der Waals surface area contributed by atoms with Gasteiger partial charge >= 0.3 is 0 Å². The molecule has 0 amide bonds. The Hall–Kier alpha value is -0.580. The maximum atomic E-state index is 10.5. The molecule has 2 nitrogen and oxygen atoms in total. The van der Waals surface area contributed by atoms with Crippen LogP contribution in [0.3, 0.4) is 0 Å². The van der Waals surface area contributed by atoms with Crippen LogP contribution in [0.5, 0.6) is 0 Å². The van der Waals surface area contributed by atoms with Gasteiger partial charge in [-0.05, 0) is 18.4 Å². The summed E-state index contributed by atoms with van der Waals surface area (Å²) in [4.78, 5) is 2.02. The van der Waals surface area contributed by atoms with Gasteiger partial charge in [0.05, 0.1) is 5.60 Å². The van der Waals surface area contributed by atoms with Gasteiger partial charge in [-0.3, -0.25) is 0 Å². The molecule has 0 unspecified atom stereocenters. The molecular weight excluding hydrogens is 238 g/mol. The van der Waals surface area contributed by atoms with Crippen molar-refractivity contribution in [2.75, 3.05) is 13.1 Å². The summed E-state index contributed by atoms with van der Waals surface area (Å²) in [6.07, 6.45) is 1.41. The van der Waals surface area contributed by atoms with Crippen molar-refractivity contribution in [3.63, 3.8) is 0 Å². The third-order valence-corrected chi connectivity index (χ3v) is 3.71. The van der Waals surface area contributed by atoms with Crippen LogP contribution >= 0.6 is 24.8 Å². The molecule has 1 N–H and O–H groups in total. The van der Waals surface area contributed by atoms with Crippen LogP contribution in [-0.2, 0) is 5.60 Å². The Morgan fingerprint density at radius 2 is 1.81 bits per heavy atom. The molecule has 4 heteroatoms. The van der Waals surface area contributed by atoms with Gasteiger partial charge in [0.25, 0.3) is 0 Å². The molecule has 0 atom stereocenters. The van der Waals surface area contributed by atoms with E-state index in [1.54, 1.807) is 0 Å². The number of hydrogen-bond donors (Lipinski definition) is 2. The van der Waals surface area contributed by atoms with Gasteiger partial charge in [-0.25, -0.2) is 0 Å². The van der Waals surface area contributed by atoms with E-state index in [0.717, 1.165) is 18.7 Å². The maximum Gasteiger partial charge on any atom is 0.133 e. The second-order valence-corrected chi connectivity index (χ2v) is 5.28. The summed E-state index contributed by atoms with van der Waals surface area (Å²) in [5.74, 6) is 0. The minimum Gasteiger partial charge on any atom is -0.385 e. The zero-order valence-corrected chi connectivity index (χ0v) is 10.7. The Kier molecular flexibility index (Phi) is 3.52. The van der Waals surface area contributed by atoms with Crippen molar-refractivity contribution < 1.29 is 5.11 Å². The molecule has 1 fully saturated rings. The number of benzene rings is 1. The highest BCUT2D eigenvalue weighted by Crippen LogP contribution is 2.32. The Morgan fingerprint density at radius 1 is 1.25 bits per heavy atom. The molecule has 0 bridgehead atoms. The first-order valence-electron chi connectivity index (χ1n) is 5.38. The van der Waals surface area contributed by atoms with Crippen molar-refractivity contribution >= 4 is 29.2 Å². The molecule has 2 rings (SSSR count). The summed E-state index contributed by atoms with van der Waals surface area (Å²) < 4.78 is 0.620. The first-order chi connectivity index (χ1) is 7.62. The zero-order chi connectivity index (χ0) is 11.6. The van der Waals surface area contributed by atoms with Gasteiger partial charge in [-0.1, -0.05) is 42.5 Å². The standard InChI is InChI=1S/C12H15NOS2/c14-12(10-4-2-1-3-5-10)6-8-13(9-7-12)11(15)16/h1-5,14H,6-9H2,(H,15,16). The molecule has 16 heavy (non-hydrogen) atoms. The largest absolute Gasteiger partial charge is 0.385 e. The van der Waals surface area contributed by atoms with E-state index in [2.05, 4.69) is 12.6 Å². The van der Waals surface area contributed by atoms with Crippen LogP contribution in [-0.4, -0.2) is 27.4 Å². The summed E-state index contributed by atoms with van der Waals surface area (Å²) >= 11 is 9.18. The number of thiol groups is 1. The minimum absolute atomic E-state index is 0.620. The molecular formula is C12H15NOS2. The lowest BCUT2D eigenvalue weighted by molar-refractivity contribution is -0.0112. The van der Waals surface area contributed by atoms with Crippen LogP contribution < -0.4 is 0 Å². The van der Waals surface area contributed by atoms with E-state index in [1.165, 1.54) is 0 Å². The average Bonchev–Trinajstić information content (AvgIpc) is 2.31. The number of piperidine rings is 1. The van der Waals surface area contributed by atoms with E-state index in [-0.39, 0.29) is 0 Å². The lowest BCUT2D eigenvalue weighted by Gasteiger charge is -2.38. The molecule has 0 saturated carbocycles. The average molecular weight is 253 g/mol. The molecule has 1 aliphatic rings. The van der Waals surface area contributed by atoms with E-state index < -0.39 is 5.60 Å². The van der Waals surface area contributed by atoms with Crippen LogP contribution in [0.2, 0.25) is 0 Å². The Morgan fingerprint density at radius 3 is 2.31 bits per heavy atom. The third kappa shape index (κ3) is 2.39. The normalized spacial score (nSPS) is 19.5. The fourth-order valence-electron chi connectivity index (χ4n) is 2.10. The highest BCUT2D eigenvalue weighted by atomic mass is 32.1. The molecule has 1 saturated heterocycles. The third-order valence-electron chi connectivity index (χ3n) is 3.17. The quantitative estimate of drug-likeness (QED) is 0.592. The second-order valence-electron chi connectivity index (χ2n) is 4.17. The number of hydrogen-bond acceptors (Lipinski definition) is 2. The summed E-state index contributed by atoms with van der Waals surface area (Å²) in [6.45, 7) is 1.54. The van der Waals surface area contributed by atoms with Crippen molar-refractivity contribution in [2.45, 2.75) is 18.4 Å². The number of thiocarbonyl (C=S) groups is 1. The summed E-state index contributed by atoms with van der Waals surface area (Å²) in [7, 11) is 0. The Bertz CT molecular complexity index is 372. The monoisotopic (exact) mass is 253 g/mol. The van der Waals surface area contributed by atoms with Crippen LogP contribution in [0.4, 0.5) is 0 Å². The molecule has 0 radical (unpaired) electrons. The molecule has 1 heterocycles. The highest BCUT2D eigenvalue weighted by Gasteiger charge is 2.33. The van der Waals surface area contributed by atoms with Crippen LogP contribution in [0.15, 0.2) is 30.3 Å². The van der Waals surface area contributed by atoms with Crippen molar-refractivity contribution in [2.24, 2.45) is 0 Å². The fraction of sp³-hybridized carbons (Fsp3) is 0.417. The first kappa shape index (κ1) is 11.9. The lowest BCUT2D eigenvalue weighted by atomic mass is 9.85. The summed E-state index contributed by atoms with van der Waals surface area (Å²) in [6, 6.07) is 9.85. The van der Waals surface area contributed by atoms with E-state index in [4.69, 9.17) is 12.2 Å². The topological polar surface area (TPSA) is 23.5 Å². The van der Waals surface area contributed by atoms with Gasteiger partial charge in [0.2, 0.25) is 0 Å². The van der Waals surface area contributed by atoms with Crippen LogP contribution in [0.25, 0.3) is 0 Å². The summed E-state index contributed by atoms with van der Waals surface area (Å²) in [5, 5.41) is 10.5. The molecule has 1 aliphatic heterocycles. The molecule has 0 aromatic heterocycles. The van der Waals surface area contributed by atoms with E-state index in [1.807, 2.05) is 35.2 Å². The van der Waals surface area contributed by atoms with E-state index >= 15 is 0 Å². The van der Waals surface area contributed by atoms with Gasteiger partial charge in [0.1, 0.15) is 4.32 Å². The highest BCUT2D eigenvalue weighted by molar-refractivity contribution is 8.10. The number of likely N-dealkylation sites (tertiary alicyclic amines) is 1. The molecule has 1 aromatic carbocycles. The molecule has 86 valence electrons. The smallest absolute Gasteiger partial charge is 0.133 e. The minimum atomic E-state index is -0.698. The Balaban J connectivity index is 2.10. The van der Waals surface area contributed by atoms with Gasteiger partial charge in [0, 0.05) is 13.1 Å². The van der Waals surface area contributed by atoms with E-state index in [0.29, 0.717) is 17.2 Å². The number of nitrogens with zero attached hydrogens (tertiary/aromatic N) is 1. The Labute approximate surface area is 107 Å². The van der Waals surface area contributed by atoms with Crippen molar-refractivity contribution in [3.05, 3.63) is 35.9 Å². The van der Waals surface area contributed by atoms with Crippen LogP contribution in [0.1, 0.15) is 18.4 Å². The molecule has 1 aromatic rings. The van der Waals surface area contributed by atoms with Gasteiger partial charge in [-0.2, -0.15) is 0 Å². The van der Waals surface area contributed by atoms with Gasteiger partial charge in [-0.15, -0.1) is 12.6 Å². The van der Waals surface area contributed by atoms with Crippen molar-refractivity contribution in [1.29, 1.82) is 0 Å². The SMILES string of the molecule is OC1(c2ccccc2)CCN(C(=S)S)CC1. The van der Waals surface area contributed by atoms with Crippen molar-refractivity contribution in [1.82, 2.24) is 4.90 Å². The van der Waals surface area contributed by atoms with E-state index in [9.17, 15) is 5.11 Å². The second kappa shape index (κ2) is 4.73. The molecule has 0 aliphatic carbocycles. The van der Waals surface area contributed by atoms with Crippen molar-refractivity contribution in [3.8, 4) is 0 Å². The first-order valence-corrected chi connectivity index (χ1v) is 6.23. The van der Waals surface area contributed by atoms with Gasteiger partial charge < -0.3 is 10.0 Å². The predicted molar refractivity (Wildman–Crippen MR) is 72.7 cm³/mol. The maximum absolute atomic E-state index is 10.5. The molecule has 0 spiro atoms.